The molecule has 1 saturated carbocycles. The molecular weight excluding hydrogens is 160 g/mol. The Labute approximate surface area is 65.4 Å². The van der Waals surface area contributed by atoms with E-state index in [1.807, 2.05) is 0 Å². The van der Waals surface area contributed by atoms with E-state index < -0.39 is 11.8 Å². The third kappa shape index (κ3) is 1.40. The van der Waals surface area contributed by atoms with Crippen molar-refractivity contribution in [3.05, 3.63) is 0 Å². The van der Waals surface area contributed by atoms with Gasteiger partial charge in [-0.2, -0.15) is 0 Å². The lowest BCUT2D eigenvalue weighted by molar-refractivity contribution is -0.146. The van der Waals surface area contributed by atoms with Crippen molar-refractivity contribution in [2.45, 2.75) is 31.7 Å². The predicted molar refractivity (Wildman–Crippen MR) is 38.6 cm³/mol. The molecule has 0 aliphatic heterocycles. The first-order chi connectivity index (χ1) is 4.08. The zero-order valence-corrected chi connectivity index (χ0v) is 6.63. The van der Waals surface area contributed by atoms with Gasteiger partial charge in [0.25, 0.3) is 5.92 Å². The Kier molecular flexibility index (Phi) is 3.04. The van der Waals surface area contributed by atoms with Crippen molar-refractivity contribution in [1.29, 1.82) is 0 Å². The van der Waals surface area contributed by atoms with Gasteiger partial charge >= 0.3 is 0 Å². The molecule has 0 heterocycles. The van der Waals surface area contributed by atoms with E-state index in [4.69, 9.17) is 5.73 Å². The zero-order chi connectivity index (χ0) is 7.07. The van der Waals surface area contributed by atoms with Crippen LogP contribution in [0.25, 0.3) is 0 Å². The van der Waals surface area contributed by atoms with Crippen molar-refractivity contribution in [1.82, 2.24) is 0 Å². The van der Waals surface area contributed by atoms with E-state index in [2.05, 4.69) is 0 Å². The van der Waals surface area contributed by atoms with E-state index in [0.717, 1.165) is 0 Å². The fraction of sp³-hybridized carbons (Fsp3) is 1.00. The largest absolute Gasteiger partial charge is 0.327 e. The van der Waals surface area contributed by atoms with Crippen LogP contribution in [0.1, 0.15) is 19.8 Å². The average molecular weight is 172 g/mol. The summed E-state index contributed by atoms with van der Waals surface area (Å²) in [4.78, 5) is 0. The van der Waals surface area contributed by atoms with Crippen LogP contribution in [0.4, 0.5) is 8.78 Å². The van der Waals surface area contributed by atoms with E-state index in [1.54, 1.807) is 6.92 Å². The first-order valence-electron chi connectivity index (χ1n) is 3.21. The molecule has 0 aromatic rings. The van der Waals surface area contributed by atoms with Crippen LogP contribution in [0.3, 0.4) is 0 Å². The normalized spacial score (nSPS) is 36.0. The van der Waals surface area contributed by atoms with Crippen molar-refractivity contribution in [2.75, 3.05) is 0 Å². The first-order valence-corrected chi connectivity index (χ1v) is 3.21. The van der Waals surface area contributed by atoms with E-state index in [1.165, 1.54) is 0 Å². The van der Waals surface area contributed by atoms with Gasteiger partial charge in [0.05, 0.1) is 0 Å². The first kappa shape index (κ1) is 10.1. The van der Waals surface area contributed by atoms with Crippen molar-refractivity contribution in [3.8, 4) is 0 Å². The summed E-state index contributed by atoms with van der Waals surface area (Å²) in [5, 5.41) is 0. The monoisotopic (exact) mass is 171 g/mol. The summed E-state index contributed by atoms with van der Waals surface area (Å²) < 4.78 is 24.7. The highest BCUT2D eigenvalue weighted by Gasteiger charge is 2.52. The minimum absolute atomic E-state index is 0. The maximum atomic E-state index is 12.4. The minimum Gasteiger partial charge on any atom is -0.327 e. The fourth-order valence-corrected chi connectivity index (χ4v) is 1.36. The molecule has 0 bridgehead atoms. The molecule has 10 heavy (non-hydrogen) atoms. The Hall–Kier alpha value is 0.110. The number of rotatable bonds is 1. The third-order valence-electron chi connectivity index (χ3n) is 2.01. The fourth-order valence-electron chi connectivity index (χ4n) is 1.36. The van der Waals surface area contributed by atoms with Crippen LogP contribution >= 0.6 is 12.4 Å². The molecule has 2 atom stereocenters. The summed E-state index contributed by atoms with van der Waals surface area (Å²) in [6.07, 6.45) is 0.375. The highest BCUT2D eigenvalue weighted by molar-refractivity contribution is 5.85. The molecule has 0 radical (unpaired) electrons. The van der Waals surface area contributed by atoms with Crippen LogP contribution < -0.4 is 5.73 Å². The Bertz CT molecular complexity index is 118. The summed E-state index contributed by atoms with van der Waals surface area (Å²) in [5.41, 5.74) is 5.33. The van der Waals surface area contributed by atoms with E-state index in [-0.39, 0.29) is 24.9 Å². The van der Waals surface area contributed by atoms with Crippen LogP contribution in [0, 0.1) is 5.92 Å². The van der Waals surface area contributed by atoms with Gasteiger partial charge in [0.2, 0.25) is 0 Å². The molecule has 0 saturated heterocycles. The molecule has 62 valence electrons. The van der Waals surface area contributed by atoms with Crippen LogP contribution in [0.5, 0.6) is 0 Å². The predicted octanol–water partition coefficient (Wildman–Crippen LogP) is 1.80. The number of hydrogen-bond donors (Lipinski definition) is 1. The summed E-state index contributed by atoms with van der Waals surface area (Å²) in [6.45, 7) is 1.75. The van der Waals surface area contributed by atoms with Gasteiger partial charge in [0, 0.05) is 18.4 Å². The summed E-state index contributed by atoms with van der Waals surface area (Å²) in [6, 6.07) is -0.259. The lowest BCUT2D eigenvalue weighted by atomic mass is 9.74. The van der Waals surface area contributed by atoms with E-state index in [0.29, 0.717) is 6.42 Å². The summed E-state index contributed by atoms with van der Waals surface area (Å²) in [7, 11) is 0. The lowest BCUT2D eigenvalue weighted by Crippen LogP contribution is -2.55. The molecule has 2 N–H and O–H groups in total. The van der Waals surface area contributed by atoms with E-state index in [9.17, 15) is 8.78 Å². The van der Waals surface area contributed by atoms with E-state index >= 15 is 0 Å². The quantitative estimate of drug-likeness (QED) is 0.640. The Morgan fingerprint density at radius 1 is 1.60 bits per heavy atom. The second kappa shape index (κ2) is 3.01. The highest BCUT2D eigenvalue weighted by Crippen LogP contribution is 2.44. The summed E-state index contributed by atoms with van der Waals surface area (Å²) in [5.74, 6) is -3.02. The molecule has 1 rings (SSSR count). The molecule has 0 amide bonds. The van der Waals surface area contributed by atoms with Gasteiger partial charge in [0.15, 0.2) is 0 Å². The van der Waals surface area contributed by atoms with Crippen LogP contribution in [-0.4, -0.2) is 12.0 Å². The van der Waals surface area contributed by atoms with Crippen molar-refractivity contribution in [2.24, 2.45) is 11.7 Å². The van der Waals surface area contributed by atoms with Gasteiger partial charge in [-0.1, -0.05) is 6.92 Å². The minimum atomic E-state index is -2.46. The molecule has 1 aliphatic rings. The SMILES string of the molecule is CCC1C(N)CC1(F)F.Cl. The van der Waals surface area contributed by atoms with Gasteiger partial charge in [-0.3, -0.25) is 0 Å². The van der Waals surface area contributed by atoms with Gasteiger partial charge in [-0.15, -0.1) is 12.4 Å². The van der Waals surface area contributed by atoms with Gasteiger partial charge in [-0.25, -0.2) is 8.78 Å². The number of alkyl halides is 2. The average Bonchev–Trinajstić information content (AvgIpc) is 1.63. The Balaban J connectivity index is 0.000000810. The Morgan fingerprint density at radius 3 is 2.20 bits per heavy atom. The zero-order valence-electron chi connectivity index (χ0n) is 5.81. The van der Waals surface area contributed by atoms with Gasteiger partial charge in [-0.05, 0) is 6.42 Å². The van der Waals surface area contributed by atoms with Crippen molar-refractivity contribution in [3.63, 3.8) is 0 Å². The van der Waals surface area contributed by atoms with Crippen molar-refractivity contribution < 1.29 is 8.78 Å². The summed E-state index contributed by atoms with van der Waals surface area (Å²) >= 11 is 0. The molecule has 2 unspecified atom stereocenters. The topological polar surface area (TPSA) is 26.0 Å². The molecule has 0 spiro atoms. The van der Waals surface area contributed by atoms with Crippen LogP contribution in [-0.2, 0) is 0 Å². The molecular formula is C6H12ClF2N. The number of nitrogens with two attached hydrogens (primary N) is 1. The molecule has 1 aliphatic carbocycles. The molecule has 0 aromatic heterocycles. The molecule has 1 fully saturated rings. The smallest absolute Gasteiger partial charge is 0.253 e. The van der Waals surface area contributed by atoms with Gasteiger partial charge in [0.1, 0.15) is 0 Å². The Morgan fingerprint density at radius 2 is 2.10 bits per heavy atom. The maximum Gasteiger partial charge on any atom is 0.253 e. The molecule has 4 heteroatoms. The van der Waals surface area contributed by atoms with Crippen molar-refractivity contribution >= 4 is 12.4 Å². The number of halogens is 3. The second-order valence-electron chi connectivity index (χ2n) is 2.64. The van der Waals surface area contributed by atoms with Crippen LogP contribution in [0.15, 0.2) is 0 Å². The standard InChI is InChI=1S/C6H11F2N.ClH/c1-2-4-5(9)3-6(4,7)8;/h4-5H,2-3,9H2,1H3;1H. The third-order valence-corrected chi connectivity index (χ3v) is 2.01. The van der Waals surface area contributed by atoms with Crippen LogP contribution in [0.2, 0.25) is 0 Å². The highest BCUT2D eigenvalue weighted by atomic mass is 35.5. The second-order valence-corrected chi connectivity index (χ2v) is 2.64. The molecule has 1 nitrogen and oxygen atoms in total. The number of hydrogen-bond acceptors (Lipinski definition) is 1. The maximum absolute atomic E-state index is 12.4. The van der Waals surface area contributed by atoms with Gasteiger partial charge < -0.3 is 5.73 Å². The lowest BCUT2D eigenvalue weighted by Gasteiger charge is -2.41. The molecule has 0 aromatic carbocycles.